The van der Waals surface area contributed by atoms with Gasteiger partial charge in [0.1, 0.15) is 0 Å². The molecule has 1 atom stereocenters. The fraction of sp³-hybridized carbons (Fsp3) is 1.00. The van der Waals surface area contributed by atoms with Gasteiger partial charge in [0.25, 0.3) is 0 Å². The van der Waals surface area contributed by atoms with E-state index in [1.165, 1.54) is 0 Å². The Kier molecular flexibility index (Phi) is 4.98. The van der Waals surface area contributed by atoms with E-state index in [4.69, 9.17) is 9.47 Å². The quantitative estimate of drug-likeness (QED) is 0.756. The average Bonchev–Trinajstić information content (AvgIpc) is 2.28. The van der Waals surface area contributed by atoms with Gasteiger partial charge in [-0.3, -0.25) is 0 Å². The molecule has 0 aromatic carbocycles. The first-order chi connectivity index (χ1) is 8.57. The van der Waals surface area contributed by atoms with Crippen LogP contribution in [0.3, 0.4) is 0 Å². The second-order valence-corrected chi connectivity index (χ2v) is 5.79. The van der Waals surface area contributed by atoms with Crippen LogP contribution in [0.4, 0.5) is 0 Å². The molecule has 2 heterocycles. The van der Waals surface area contributed by atoms with Crippen molar-refractivity contribution in [2.45, 2.75) is 24.5 Å². The highest BCUT2D eigenvalue weighted by atomic mass is 16.5. The SMILES string of the molecule is CN1CCOC(CN(C)CC2(O)CCOCC2)C1. The Morgan fingerprint density at radius 3 is 2.72 bits per heavy atom. The Labute approximate surface area is 110 Å². The van der Waals surface area contributed by atoms with Crippen molar-refractivity contribution in [2.75, 3.05) is 60.1 Å². The van der Waals surface area contributed by atoms with Crippen molar-refractivity contribution in [2.24, 2.45) is 0 Å². The minimum Gasteiger partial charge on any atom is -0.388 e. The fourth-order valence-corrected chi connectivity index (χ4v) is 2.80. The Morgan fingerprint density at radius 2 is 2.06 bits per heavy atom. The number of hydrogen-bond acceptors (Lipinski definition) is 5. The van der Waals surface area contributed by atoms with E-state index in [2.05, 4.69) is 23.9 Å². The van der Waals surface area contributed by atoms with Crippen molar-refractivity contribution in [3.63, 3.8) is 0 Å². The van der Waals surface area contributed by atoms with Crippen molar-refractivity contribution in [1.29, 1.82) is 0 Å². The smallest absolute Gasteiger partial charge is 0.0829 e. The highest BCUT2D eigenvalue weighted by Crippen LogP contribution is 2.21. The summed E-state index contributed by atoms with van der Waals surface area (Å²) in [6.07, 6.45) is 1.74. The molecule has 0 aromatic rings. The number of nitrogens with zero attached hydrogens (tertiary/aromatic N) is 2. The summed E-state index contributed by atoms with van der Waals surface area (Å²) in [5.41, 5.74) is -0.576. The van der Waals surface area contributed by atoms with E-state index < -0.39 is 5.60 Å². The van der Waals surface area contributed by atoms with Crippen LogP contribution in [0.2, 0.25) is 0 Å². The number of morpholine rings is 1. The van der Waals surface area contributed by atoms with Crippen LogP contribution in [0.1, 0.15) is 12.8 Å². The van der Waals surface area contributed by atoms with Gasteiger partial charge in [0, 0.05) is 52.2 Å². The molecule has 0 amide bonds. The number of ether oxygens (including phenoxy) is 2. The molecular formula is C13H26N2O3. The second-order valence-electron chi connectivity index (χ2n) is 5.79. The van der Waals surface area contributed by atoms with Gasteiger partial charge in [-0.25, -0.2) is 0 Å². The standard InChI is InChI=1S/C13H26N2O3/c1-14-5-8-18-12(9-14)10-15(2)11-13(16)3-6-17-7-4-13/h12,16H,3-11H2,1-2H3. The molecular weight excluding hydrogens is 232 g/mol. The summed E-state index contributed by atoms with van der Waals surface area (Å²) in [7, 11) is 4.19. The van der Waals surface area contributed by atoms with Crippen molar-refractivity contribution < 1.29 is 14.6 Å². The molecule has 1 unspecified atom stereocenters. The number of likely N-dealkylation sites (N-methyl/N-ethyl adjacent to an activating group) is 2. The minimum absolute atomic E-state index is 0.261. The third kappa shape index (κ3) is 4.17. The first-order valence-electron chi connectivity index (χ1n) is 6.86. The number of aliphatic hydroxyl groups is 1. The zero-order valence-electron chi connectivity index (χ0n) is 11.6. The Hall–Kier alpha value is -0.200. The van der Waals surface area contributed by atoms with Gasteiger partial charge < -0.3 is 24.4 Å². The fourth-order valence-electron chi connectivity index (χ4n) is 2.80. The monoisotopic (exact) mass is 258 g/mol. The van der Waals surface area contributed by atoms with Crippen LogP contribution in [0, 0.1) is 0 Å². The molecule has 2 aliphatic heterocycles. The van der Waals surface area contributed by atoms with Crippen LogP contribution in [-0.4, -0.2) is 86.7 Å². The lowest BCUT2D eigenvalue weighted by Gasteiger charge is -2.38. The normalized spacial score (nSPS) is 29.7. The van der Waals surface area contributed by atoms with Crippen molar-refractivity contribution in [3.8, 4) is 0 Å². The molecule has 0 radical (unpaired) electrons. The Morgan fingerprint density at radius 1 is 1.33 bits per heavy atom. The van der Waals surface area contributed by atoms with E-state index in [-0.39, 0.29) is 6.10 Å². The molecule has 5 nitrogen and oxygen atoms in total. The van der Waals surface area contributed by atoms with Crippen LogP contribution in [0.5, 0.6) is 0 Å². The van der Waals surface area contributed by atoms with Crippen LogP contribution in [-0.2, 0) is 9.47 Å². The zero-order chi connectivity index (χ0) is 13.0. The summed E-state index contributed by atoms with van der Waals surface area (Å²) < 4.78 is 11.1. The van der Waals surface area contributed by atoms with E-state index in [0.717, 1.165) is 39.1 Å². The maximum atomic E-state index is 10.5. The van der Waals surface area contributed by atoms with Crippen molar-refractivity contribution >= 4 is 0 Å². The molecule has 0 saturated carbocycles. The van der Waals surface area contributed by atoms with Crippen LogP contribution >= 0.6 is 0 Å². The van der Waals surface area contributed by atoms with Gasteiger partial charge in [-0.1, -0.05) is 0 Å². The molecule has 2 saturated heterocycles. The summed E-state index contributed by atoms with van der Waals surface area (Å²) in [5, 5.41) is 10.5. The molecule has 0 aliphatic carbocycles. The Bertz CT molecular complexity index is 257. The highest BCUT2D eigenvalue weighted by Gasteiger charge is 2.31. The topological polar surface area (TPSA) is 45.2 Å². The molecule has 2 aliphatic rings. The molecule has 2 fully saturated rings. The van der Waals surface area contributed by atoms with Crippen molar-refractivity contribution in [1.82, 2.24) is 9.80 Å². The molecule has 0 bridgehead atoms. The molecule has 106 valence electrons. The summed E-state index contributed by atoms with van der Waals surface area (Å²) >= 11 is 0. The van der Waals surface area contributed by atoms with Gasteiger partial charge in [-0.05, 0) is 14.1 Å². The van der Waals surface area contributed by atoms with Gasteiger partial charge in [0.2, 0.25) is 0 Å². The zero-order valence-corrected chi connectivity index (χ0v) is 11.6. The molecule has 18 heavy (non-hydrogen) atoms. The first-order valence-corrected chi connectivity index (χ1v) is 6.86. The lowest BCUT2D eigenvalue weighted by molar-refractivity contribution is -0.0873. The predicted octanol–water partition coefficient (Wildman–Crippen LogP) is -0.210. The lowest BCUT2D eigenvalue weighted by Crippen LogP contribution is -2.50. The Balaban J connectivity index is 1.75. The lowest BCUT2D eigenvalue weighted by atomic mass is 9.94. The summed E-state index contributed by atoms with van der Waals surface area (Å²) in [6, 6.07) is 0. The van der Waals surface area contributed by atoms with Crippen LogP contribution in [0.15, 0.2) is 0 Å². The third-order valence-corrected chi connectivity index (χ3v) is 3.84. The molecule has 5 heteroatoms. The predicted molar refractivity (Wildman–Crippen MR) is 69.7 cm³/mol. The van der Waals surface area contributed by atoms with E-state index in [1.807, 2.05) is 0 Å². The summed E-state index contributed by atoms with van der Waals surface area (Å²) in [6.45, 7) is 5.74. The van der Waals surface area contributed by atoms with Gasteiger partial charge in [-0.2, -0.15) is 0 Å². The van der Waals surface area contributed by atoms with E-state index >= 15 is 0 Å². The van der Waals surface area contributed by atoms with Crippen LogP contribution in [0.25, 0.3) is 0 Å². The number of hydrogen-bond donors (Lipinski definition) is 1. The molecule has 1 N–H and O–H groups in total. The van der Waals surface area contributed by atoms with Crippen molar-refractivity contribution in [3.05, 3.63) is 0 Å². The molecule has 0 spiro atoms. The first kappa shape index (κ1) is 14.2. The largest absolute Gasteiger partial charge is 0.388 e. The van der Waals surface area contributed by atoms with Gasteiger partial charge in [0.05, 0.1) is 18.3 Å². The number of rotatable bonds is 4. The second kappa shape index (κ2) is 6.30. The highest BCUT2D eigenvalue weighted by molar-refractivity contribution is 4.85. The van der Waals surface area contributed by atoms with Gasteiger partial charge in [0.15, 0.2) is 0 Å². The molecule has 2 rings (SSSR count). The maximum absolute atomic E-state index is 10.5. The summed E-state index contributed by atoms with van der Waals surface area (Å²) in [4.78, 5) is 4.49. The van der Waals surface area contributed by atoms with Gasteiger partial charge >= 0.3 is 0 Å². The maximum Gasteiger partial charge on any atom is 0.0829 e. The minimum atomic E-state index is -0.576. The summed E-state index contributed by atoms with van der Waals surface area (Å²) in [5.74, 6) is 0. The molecule has 0 aromatic heterocycles. The van der Waals surface area contributed by atoms with Crippen LogP contribution < -0.4 is 0 Å². The van der Waals surface area contributed by atoms with E-state index in [9.17, 15) is 5.11 Å². The van der Waals surface area contributed by atoms with E-state index in [1.54, 1.807) is 0 Å². The van der Waals surface area contributed by atoms with Gasteiger partial charge in [-0.15, -0.1) is 0 Å². The average molecular weight is 258 g/mol. The third-order valence-electron chi connectivity index (χ3n) is 3.84. The van der Waals surface area contributed by atoms with E-state index in [0.29, 0.717) is 19.8 Å².